The van der Waals surface area contributed by atoms with Crippen LogP contribution in [-0.4, -0.2) is 5.27 Å². The normalized spacial score (nSPS) is 11.1. The molecule has 0 radical (unpaired) electrons. The number of nitrogens with zero attached hydrogens (tertiary/aromatic N) is 2. The van der Waals surface area contributed by atoms with Gasteiger partial charge in [-0.1, -0.05) is 29.8 Å². The van der Waals surface area contributed by atoms with Gasteiger partial charge in [0.05, 0.1) is 9.74 Å². The summed E-state index contributed by atoms with van der Waals surface area (Å²) in [6, 6.07) is 3.92. The van der Waals surface area contributed by atoms with Crippen LogP contribution in [0.1, 0.15) is 25.3 Å². The molecule has 0 bridgehead atoms. The standard InChI is InChI=1S/C11H10Br2N2O2/c1-6(2)8-3-7(12)4-9(13)11(8)15-5-10(16)17-14-15/h3-6H,1-2H3. The first-order valence-corrected chi connectivity index (χ1v) is 6.62. The maximum absolute atomic E-state index is 11.0. The Bertz CT molecular complexity index is 552. The van der Waals surface area contributed by atoms with Gasteiger partial charge in [0, 0.05) is 10.0 Å². The van der Waals surface area contributed by atoms with Gasteiger partial charge in [0.2, 0.25) is 6.20 Å². The molecule has 0 aliphatic carbocycles. The molecule has 1 aromatic carbocycles. The summed E-state index contributed by atoms with van der Waals surface area (Å²) in [5, 5.41) is 14.8. The third kappa shape index (κ3) is 2.52. The average molecular weight is 362 g/mol. The molecule has 0 unspecified atom stereocenters. The van der Waals surface area contributed by atoms with E-state index in [0.717, 1.165) is 20.2 Å². The highest BCUT2D eigenvalue weighted by Gasteiger charge is 2.22. The molecule has 90 valence electrons. The highest BCUT2D eigenvalue weighted by atomic mass is 79.9. The van der Waals surface area contributed by atoms with E-state index in [1.165, 1.54) is 10.9 Å². The molecule has 0 aliphatic heterocycles. The summed E-state index contributed by atoms with van der Waals surface area (Å²) in [5.41, 5.74) is 1.90. The molecule has 1 heterocycles. The minimum Gasteiger partial charge on any atom is -0.539 e. The zero-order valence-corrected chi connectivity index (χ0v) is 12.4. The van der Waals surface area contributed by atoms with Gasteiger partial charge >= 0.3 is 0 Å². The van der Waals surface area contributed by atoms with E-state index in [9.17, 15) is 5.11 Å². The lowest BCUT2D eigenvalue weighted by molar-refractivity contribution is -0.671. The molecule has 0 amide bonds. The second-order valence-electron chi connectivity index (χ2n) is 3.95. The number of hydrogen-bond acceptors (Lipinski definition) is 3. The van der Waals surface area contributed by atoms with Crippen molar-refractivity contribution in [3.05, 3.63) is 32.8 Å². The van der Waals surface area contributed by atoms with E-state index >= 15 is 0 Å². The van der Waals surface area contributed by atoms with Crippen molar-refractivity contribution in [1.82, 2.24) is 5.27 Å². The molecule has 17 heavy (non-hydrogen) atoms. The molecule has 0 spiro atoms. The molecular weight excluding hydrogens is 352 g/mol. The van der Waals surface area contributed by atoms with Crippen molar-refractivity contribution >= 4 is 31.9 Å². The van der Waals surface area contributed by atoms with E-state index < -0.39 is 5.95 Å². The Hall–Kier alpha value is -0.880. The van der Waals surface area contributed by atoms with Crippen LogP contribution in [0.25, 0.3) is 5.69 Å². The van der Waals surface area contributed by atoms with Crippen LogP contribution in [0.2, 0.25) is 0 Å². The number of aromatic nitrogens is 2. The predicted octanol–water partition coefficient (Wildman–Crippen LogP) is 2.67. The van der Waals surface area contributed by atoms with Crippen LogP contribution in [0, 0.1) is 0 Å². The molecule has 2 aromatic rings. The van der Waals surface area contributed by atoms with E-state index in [2.05, 4.69) is 55.5 Å². The van der Waals surface area contributed by atoms with Crippen LogP contribution in [0.3, 0.4) is 0 Å². The highest BCUT2D eigenvalue weighted by Crippen LogP contribution is 2.30. The maximum atomic E-state index is 11.0. The fraction of sp³-hybridized carbons (Fsp3) is 0.273. The maximum Gasteiger partial charge on any atom is 0.256 e. The lowest BCUT2D eigenvalue weighted by Gasteiger charge is -2.08. The van der Waals surface area contributed by atoms with Crippen molar-refractivity contribution in [2.75, 3.05) is 0 Å². The van der Waals surface area contributed by atoms with E-state index in [-0.39, 0.29) is 0 Å². The van der Waals surface area contributed by atoms with E-state index in [4.69, 9.17) is 0 Å². The quantitative estimate of drug-likeness (QED) is 0.772. The molecule has 0 saturated heterocycles. The Morgan fingerprint density at radius 2 is 2.06 bits per heavy atom. The summed E-state index contributed by atoms with van der Waals surface area (Å²) in [6.07, 6.45) is 1.32. The number of hydrogen-bond donors (Lipinski definition) is 0. The fourth-order valence-corrected chi connectivity index (χ4v) is 3.04. The van der Waals surface area contributed by atoms with Crippen LogP contribution in [0.5, 0.6) is 5.95 Å². The Kier molecular flexibility index (Phi) is 3.53. The van der Waals surface area contributed by atoms with Gasteiger partial charge in [0.25, 0.3) is 5.69 Å². The van der Waals surface area contributed by atoms with Gasteiger partial charge in [-0.25, -0.2) is 0 Å². The molecule has 0 saturated carbocycles. The first-order valence-electron chi connectivity index (χ1n) is 5.04. The van der Waals surface area contributed by atoms with Gasteiger partial charge in [0.15, 0.2) is 0 Å². The molecule has 0 atom stereocenters. The molecule has 6 heteroatoms. The third-order valence-electron chi connectivity index (χ3n) is 2.36. The minimum absolute atomic E-state index is 0.304. The van der Waals surface area contributed by atoms with Crippen molar-refractivity contribution in [2.24, 2.45) is 0 Å². The summed E-state index contributed by atoms with van der Waals surface area (Å²) < 4.78 is 7.85. The largest absolute Gasteiger partial charge is 0.539 e. The van der Waals surface area contributed by atoms with Gasteiger partial charge in [-0.3, -0.25) is 0 Å². The molecule has 4 nitrogen and oxygen atoms in total. The van der Waals surface area contributed by atoms with Crippen LogP contribution < -0.4 is 9.79 Å². The van der Waals surface area contributed by atoms with Crippen molar-refractivity contribution in [3.8, 4) is 11.6 Å². The Morgan fingerprint density at radius 1 is 1.35 bits per heavy atom. The summed E-state index contributed by atoms with van der Waals surface area (Å²) in [4.78, 5) is 0. The van der Waals surface area contributed by atoms with Gasteiger partial charge in [-0.2, -0.15) is 0 Å². The van der Waals surface area contributed by atoms with Gasteiger partial charge in [-0.05, 0) is 38.7 Å². The Labute approximate surface area is 115 Å². The Balaban J connectivity index is 2.67. The summed E-state index contributed by atoms with van der Waals surface area (Å²) in [5.74, 6) is -0.160. The summed E-state index contributed by atoms with van der Waals surface area (Å²) >= 11 is 6.93. The van der Waals surface area contributed by atoms with Gasteiger partial charge < -0.3 is 9.63 Å². The molecule has 0 N–H and O–H groups in total. The number of rotatable bonds is 2. The summed E-state index contributed by atoms with van der Waals surface area (Å²) in [7, 11) is 0. The number of halogens is 2. The molecule has 0 fully saturated rings. The van der Waals surface area contributed by atoms with Gasteiger partial charge in [0.1, 0.15) is 5.95 Å². The average Bonchev–Trinajstić information content (AvgIpc) is 2.63. The third-order valence-corrected chi connectivity index (χ3v) is 3.42. The fourth-order valence-electron chi connectivity index (χ4n) is 1.60. The van der Waals surface area contributed by atoms with E-state index in [1.807, 2.05) is 12.1 Å². The van der Waals surface area contributed by atoms with Crippen molar-refractivity contribution in [2.45, 2.75) is 19.8 Å². The zero-order valence-electron chi connectivity index (χ0n) is 9.28. The zero-order chi connectivity index (χ0) is 12.6. The Morgan fingerprint density at radius 3 is 2.59 bits per heavy atom. The lowest BCUT2D eigenvalue weighted by Crippen LogP contribution is -2.33. The monoisotopic (exact) mass is 360 g/mol. The topological polar surface area (TPSA) is 53.0 Å². The second-order valence-corrected chi connectivity index (χ2v) is 5.72. The van der Waals surface area contributed by atoms with Crippen LogP contribution in [0.4, 0.5) is 0 Å². The number of benzene rings is 1. The SMILES string of the molecule is CC(C)c1cc(Br)cc(Br)c1-[n+]1cc([O-])on1. The first kappa shape index (κ1) is 12.6. The van der Waals surface area contributed by atoms with Crippen molar-refractivity contribution in [3.63, 3.8) is 0 Å². The second kappa shape index (κ2) is 4.78. The van der Waals surface area contributed by atoms with Crippen molar-refractivity contribution < 1.29 is 14.3 Å². The molecule has 0 aliphatic rings. The van der Waals surface area contributed by atoms with E-state index in [0.29, 0.717) is 5.92 Å². The minimum atomic E-state index is -0.463. The molecular formula is C11H10Br2N2O2. The van der Waals surface area contributed by atoms with Crippen molar-refractivity contribution in [1.29, 1.82) is 0 Å². The predicted molar refractivity (Wildman–Crippen MR) is 67.0 cm³/mol. The van der Waals surface area contributed by atoms with Crippen LogP contribution in [0.15, 0.2) is 31.8 Å². The van der Waals surface area contributed by atoms with Crippen LogP contribution >= 0.6 is 31.9 Å². The molecule has 2 rings (SSSR count). The van der Waals surface area contributed by atoms with Crippen LogP contribution in [-0.2, 0) is 0 Å². The summed E-state index contributed by atoms with van der Waals surface area (Å²) in [6.45, 7) is 4.16. The first-order chi connectivity index (χ1) is 7.99. The molecule has 1 aromatic heterocycles. The lowest BCUT2D eigenvalue weighted by atomic mass is 10.0. The van der Waals surface area contributed by atoms with E-state index in [1.54, 1.807) is 0 Å². The highest BCUT2D eigenvalue weighted by molar-refractivity contribution is 9.11. The smallest absolute Gasteiger partial charge is 0.256 e. The van der Waals surface area contributed by atoms with Gasteiger partial charge in [-0.15, -0.1) is 0 Å².